The summed E-state index contributed by atoms with van der Waals surface area (Å²) in [6.45, 7) is 2.83. The minimum absolute atomic E-state index is 0.0704. The van der Waals surface area contributed by atoms with Crippen molar-refractivity contribution in [1.82, 2.24) is 5.32 Å². The van der Waals surface area contributed by atoms with Gasteiger partial charge >= 0.3 is 6.18 Å². The van der Waals surface area contributed by atoms with Crippen LogP contribution in [0.4, 0.5) is 18.9 Å². The molecule has 0 aromatic heterocycles. The lowest BCUT2D eigenvalue weighted by Gasteiger charge is -2.23. The summed E-state index contributed by atoms with van der Waals surface area (Å²) in [7, 11) is 0. The number of anilines is 1. The van der Waals surface area contributed by atoms with Crippen LogP contribution in [0.3, 0.4) is 0 Å². The van der Waals surface area contributed by atoms with Gasteiger partial charge in [0, 0.05) is 11.7 Å². The second-order valence-corrected chi connectivity index (χ2v) is 6.43. The second-order valence-electron chi connectivity index (χ2n) is 6.02. The zero-order valence-corrected chi connectivity index (χ0v) is 13.3. The van der Waals surface area contributed by atoms with Crippen LogP contribution in [0.15, 0.2) is 18.2 Å². The average molecular weight is 349 g/mol. The van der Waals surface area contributed by atoms with Crippen LogP contribution in [-0.4, -0.2) is 17.9 Å². The lowest BCUT2D eigenvalue weighted by atomic mass is 9.91. The number of hydrogen-bond acceptors (Lipinski definition) is 2. The third-order valence-corrected chi connectivity index (χ3v) is 3.91. The predicted octanol–water partition coefficient (Wildman–Crippen LogP) is 3.60. The van der Waals surface area contributed by atoms with Gasteiger partial charge in [-0.2, -0.15) is 13.2 Å². The van der Waals surface area contributed by atoms with Crippen LogP contribution in [0, 0.1) is 5.41 Å². The van der Waals surface area contributed by atoms with Crippen molar-refractivity contribution < 1.29 is 22.8 Å². The summed E-state index contributed by atoms with van der Waals surface area (Å²) < 4.78 is 38.5. The van der Waals surface area contributed by atoms with Gasteiger partial charge in [0.15, 0.2) is 0 Å². The van der Waals surface area contributed by atoms with Gasteiger partial charge in [-0.1, -0.05) is 11.6 Å². The van der Waals surface area contributed by atoms with E-state index in [2.05, 4.69) is 10.6 Å². The largest absolute Gasteiger partial charge is 0.417 e. The lowest BCUT2D eigenvalue weighted by Crippen LogP contribution is -2.45. The van der Waals surface area contributed by atoms with Crippen molar-refractivity contribution in [3.8, 4) is 0 Å². The van der Waals surface area contributed by atoms with Crippen LogP contribution in [0.5, 0.6) is 0 Å². The van der Waals surface area contributed by atoms with Gasteiger partial charge in [0.1, 0.15) is 5.41 Å². The summed E-state index contributed by atoms with van der Waals surface area (Å²) >= 11 is 5.53. The van der Waals surface area contributed by atoms with Gasteiger partial charge in [0.05, 0.1) is 10.6 Å². The van der Waals surface area contributed by atoms with Crippen LogP contribution in [0.1, 0.15) is 32.3 Å². The van der Waals surface area contributed by atoms with Crippen LogP contribution >= 0.6 is 11.6 Å². The normalized spacial score (nSPS) is 15.2. The molecule has 2 N–H and O–H groups in total. The van der Waals surface area contributed by atoms with Crippen molar-refractivity contribution in [1.29, 1.82) is 0 Å². The maximum absolute atomic E-state index is 12.8. The molecular formula is C15H16ClF3N2O2. The molecule has 0 bridgehead atoms. The first kappa shape index (κ1) is 17.6. The number of amides is 2. The van der Waals surface area contributed by atoms with E-state index in [0.717, 1.165) is 25.0 Å². The quantitative estimate of drug-likeness (QED) is 0.817. The van der Waals surface area contributed by atoms with Gasteiger partial charge < -0.3 is 10.6 Å². The standard InChI is InChI=1S/C15H16ClF3N2O2/c1-14(2,12(22)20-8-3-4-8)13(23)21-9-5-6-11(16)10(7-9)15(17,18)19/h5-8H,3-4H2,1-2H3,(H,20,22)(H,21,23). The summed E-state index contributed by atoms with van der Waals surface area (Å²) in [5.41, 5.74) is -2.52. The van der Waals surface area contributed by atoms with E-state index in [1.807, 2.05) is 0 Å². The topological polar surface area (TPSA) is 58.2 Å². The molecule has 1 aliphatic carbocycles. The van der Waals surface area contributed by atoms with Gasteiger partial charge in [0.2, 0.25) is 11.8 Å². The van der Waals surface area contributed by atoms with E-state index < -0.39 is 34.0 Å². The van der Waals surface area contributed by atoms with Crippen LogP contribution in [0.2, 0.25) is 5.02 Å². The van der Waals surface area contributed by atoms with Gasteiger partial charge in [-0.3, -0.25) is 9.59 Å². The number of carbonyl (C=O) groups excluding carboxylic acids is 2. The van der Waals surface area contributed by atoms with Crippen LogP contribution in [-0.2, 0) is 15.8 Å². The monoisotopic (exact) mass is 348 g/mol. The number of hydrogen-bond donors (Lipinski definition) is 2. The molecule has 23 heavy (non-hydrogen) atoms. The predicted molar refractivity (Wildman–Crippen MR) is 80.0 cm³/mol. The number of rotatable bonds is 4. The van der Waals surface area contributed by atoms with Crippen molar-refractivity contribution in [2.24, 2.45) is 5.41 Å². The SMILES string of the molecule is CC(C)(C(=O)Nc1ccc(Cl)c(C(F)(F)F)c1)C(=O)NC1CC1. The van der Waals surface area contributed by atoms with E-state index in [1.165, 1.54) is 19.9 Å². The Labute approximate surface area is 136 Å². The Balaban J connectivity index is 2.14. The number of carbonyl (C=O) groups is 2. The highest BCUT2D eigenvalue weighted by molar-refractivity contribution is 6.31. The third-order valence-electron chi connectivity index (χ3n) is 3.58. The van der Waals surface area contributed by atoms with Crippen molar-refractivity contribution in [2.75, 3.05) is 5.32 Å². The fourth-order valence-electron chi connectivity index (χ4n) is 1.80. The van der Waals surface area contributed by atoms with Crippen molar-refractivity contribution >= 4 is 29.1 Å². The minimum atomic E-state index is -4.63. The van der Waals surface area contributed by atoms with E-state index in [4.69, 9.17) is 11.6 Å². The third kappa shape index (κ3) is 4.16. The minimum Gasteiger partial charge on any atom is -0.352 e. The van der Waals surface area contributed by atoms with Crippen LogP contribution in [0.25, 0.3) is 0 Å². The molecule has 0 saturated heterocycles. The average Bonchev–Trinajstić information content (AvgIpc) is 3.23. The summed E-state index contributed by atoms with van der Waals surface area (Å²) in [6, 6.07) is 3.14. The number of nitrogens with one attached hydrogen (secondary N) is 2. The molecule has 1 saturated carbocycles. The molecule has 2 amide bonds. The van der Waals surface area contributed by atoms with E-state index >= 15 is 0 Å². The van der Waals surface area contributed by atoms with Crippen molar-refractivity contribution in [2.45, 2.75) is 38.9 Å². The molecule has 1 fully saturated rings. The highest BCUT2D eigenvalue weighted by atomic mass is 35.5. The highest BCUT2D eigenvalue weighted by Gasteiger charge is 2.39. The molecule has 8 heteroatoms. The highest BCUT2D eigenvalue weighted by Crippen LogP contribution is 2.36. The summed E-state index contributed by atoms with van der Waals surface area (Å²) in [4.78, 5) is 24.3. The van der Waals surface area contributed by atoms with Crippen molar-refractivity contribution in [3.63, 3.8) is 0 Å². The smallest absolute Gasteiger partial charge is 0.352 e. The molecule has 0 atom stereocenters. The van der Waals surface area contributed by atoms with E-state index in [0.29, 0.717) is 0 Å². The molecule has 0 radical (unpaired) electrons. The summed E-state index contributed by atoms with van der Waals surface area (Å²) in [5.74, 6) is -1.14. The van der Waals surface area contributed by atoms with Gasteiger partial charge in [-0.05, 0) is 44.9 Å². The van der Waals surface area contributed by atoms with E-state index in [-0.39, 0.29) is 11.7 Å². The molecule has 1 aromatic rings. The molecule has 0 spiro atoms. The first-order valence-corrected chi connectivity index (χ1v) is 7.39. The first-order valence-electron chi connectivity index (χ1n) is 7.01. The van der Waals surface area contributed by atoms with E-state index in [9.17, 15) is 22.8 Å². The maximum Gasteiger partial charge on any atom is 0.417 e. The molecule has 1 aromatic carbocycles. The zero-order chi connectivity index (χ0) is 17.4. The fourth-order valence-corrected chi connectivity index (χ4v) is 2.03. The second kappa shape index (κ2) is 6.03. The first-order chi connectivity index (χ1) is 10.5. The molecule has 126 valence electrons. The lowest BCUT2D eigenvalue weighted by molar-refractivity contribution is -0.139. The van der Waals surface area contributed by atoms with Gasteiger partial charge in [-0.25, -0.2) is 0 Å². The number of halogens is 4. The molecule has 1 aliphatic rings. The Bertz CT molecular complexity index is 640. The number of benzene rings is 1. The Morgan fingerprint density at radius 2 is 1.78 bits per heavy atom. The Morgan fingerprint density at radius 3 is 2.30 bits per heavy atom. The molecular weight excluding hydrogens is 333 g/mol. The van der Waals surface area contributed by atoms with Gasteiger partial charge in [-0.15, -0.1) is 0 Å². The summed E-state index contributed by atoms with van der Waals surface area (Å²) in [5, 5.41) is 4.59. The molecule has 0 unspecified atom stereocenters. The van der Waals surface area contributed by atoms with Gasteiger partial charge in [0.25, 0.3) is 0 Å². The Morgan fingerprint density at radius 1 is 1.17 bits per heavy atom. The Hall–Kier alpha value is -1.76. The molecule has 4 nitrogen and oxygen atoms in total. The zero-order valence-electron chi connectivity index (χ0n) is 12.6. The molecule has 0 aliphatic heterocycles. The fraction of sp³-hybridized carbons (Fsp3) is 0.467. The molecule has 2 rings (SSSR count). The maximum atomic E-state index is 12.8. The van der Waals surface area contributed by atoms with E-state index in [1.54, 1.807) is 0 Å². The Kier molecular flexibility index (Phi) is 4.61. The number of alkyl halides is 3. The molecule has 0 heterocycles. The summed E-state index contributed by atoms with van der Waals surface area (Å²) in [6.07, 6.45) is -2.89. The van der Waals surface area contributed by atoms with Crippen molar-refractivity contribution in [3.05, 3.63) is 28.8 Å². The van der Waals surface area contributed by atoms with Crippen LogP contribution < -0.4 is 10.6 Å².